The molecule has 0 aliphatic rings. The van der Waals surface area contributed by atoms with Gasteiger partial charge in [0.2, 0.25) is 0 Å². The van der Waals surface area contributed by atoms with Crippen molar-refractivity contribution in [2.24, 2.45) is 0 Å². The molecule has 0 bridgehead atoms. The minimum atomic E-state index is -0.273. The first-order valence-corrected chi connectivity index (χ1v) is 8.23. The predicted molar refractivity (Wildman–Crippen MR) is 97.0 cm³/mol. The van der Waals surface area contributed by atoms with Crippen molar-refractivity contribution in [3.63, 3.8) is 0 Å². The highest BCUT2D eigenvalue weighted by molar-refractivity contribution is 5.82. The molecule has 0 radical (unpaired) electrons. The van der Waals surface area contributed by atoms with Crippen LogP contribution in [-0.4, -0.2) is 26.7 Å². The van der Waals surface area contributed by atoms with Gasteiger partial charge in [-0.05, 0) is 36.9 Å². The van der Waals surface area contributed by atoms with Crippen molar-refractivity contribution < 1.29 is 4.39 Å². The lowest BCUT2D eigenvalue weighted by molar-refractivity contribution is 0.320. The van der Waals surface area contributed by atoms with E-state index in [1.165, 1.54) is 17.0 Å². The predicted octanol–water partition coefficient (Wildman–Crippen LogP) is 4.12. The van der Waals surface area contributed by atoms with Crippen LogP contribution in [0.3, 0.4) is 0 Å². The summed E-state index contributed by atoms with van der Waals surface area (Å²) in [6, 6.07) is 15.1. The molecule has 0 atom stereocenters. The molecule has 2 heterocycles. The van der Waals surface area contributed by atoms with Gasteiger partial charge in [0, 0.05) is 41.9 Å². The number of aromatic nitrogens is 3. The third-order valence-corrected chi connectivity index (χ3v) is 4.31. The van der Waals surface area contributed by atoms with Crippen LogP contribution in [0.5, 0.6) is 0 Å². The van der Waals surface area contributed by atoms with Gasteiger partial charge in [-0.15, -0.1) is 0 Å². The van der Waals surface area contributed by atoms with Crippen molar-refractivity contribution in [1.29, 1.82) is 0 Å². The van der Waals surface area contributed by atoms with Gasteiger partial charge in [0.15, 0.2) is 0 Å². The van der Waals surface area contributed by atoms with Crippen molar-refractivity contribution in [1.82, 2.24) is 19.7 Å². The third kappa shape index (κ3) is 3.19. The molecule has 2 aromatic heterocycles. The van der Waals surface area contributed by atoms with E-state index in [1.54, 1.807) is 23.0 Å². The minimum Gasteiger partial charge on any atom is -0.361 e. The summed E-state index contributed by atoms with van der Waals surface area (Å²) in [4.78, 5) is 5.47. The highest BCUT2D eigenvalue weighted by Crippen LogP contribution is 2.19. The quantitative estimate of drug-likeness (QED) is 0.596. The normalized spacial score (nSPS) is 11.5. The largest absolute Gasteiger partial charge is 0.361 e. The van der Waals surface area contributed by atoms with Crippen LogP contribution in [-0.2, 0) is 13.1 Å². The average molecular weight is 334 g/mol. The van der Waals surface area contributed by atoms with Gasteiger partial charge >= 0.3 is 0 Å². The zero-order valence-electron chi connectivity index (χ0n) is 14.0. The van der Waals surface area contributed by atoms with Crippen molar-refractivity contribution in [3.8, 4) is 5.69 Å². The lowest BCUT2D eigenvalue weighted by Crippen LogP contribution is -2.17. The van der Waals surface area contributed by atoms with Crippen LogP contribution >= 0.6 is 0 Å². The molecule has 0 aliphatic carbocycles. The summed E-state index contributed by atoms with van der Waals surface area (Å²) < 4.78 is 15.5. The Bertz CT molecular complexity index is 1000. The molecule has 1 N–H and O–H groups in total. The first-order chi connectivity index (χ1) is 12.2. The van der Waals surface area contributed by atoms with Crippen LogP contribution in [0.15, 0.2) is 67.1 Å². The van der Waals surface area contributed by atoms with E-state index in [0.717, 1.165) is 24.2 Å². The molecule has 126 valence electrons. The van der Waals surface area contributed by atoms with Crippen molar-refractivity contribution in [3.05, 3.63) is 84.1 Å². The maximum absolute atomic E-state index is 13.9. The summed E-state index contributed by atoms with van der Waals surface area (Å²) in [5.74, 6) is -0.273. The number of hydrogen-bond acceptors (Lipinski definition) is 2. The zero-order valence-corrected chi connectivity index (χ0v) is 14.0. The Morgan fingerprint density at radius 3 is 2.84 bits per heavy atom. The summed E-state index contributed by atoms with van der Waals surface area (Å²) >= 11 is 0. The van der Waals surface area contributed by atoms with E-state index >= 15 is 0 Å². The number of rotatable bonds is 5. The second kappa shape index (κ2) is 6.53. The van der Waals surface area contributed by atoms with Gasteiger partial charge in [0.1, 0.15) is 11.5 Å². The number of fused-ring (bicyclic) bond motifs is 1. The monoisotopic (exact) mass is 334 g/mol. The van der Waals surface area contributed by atoms with E-state index < -0.39 is 0 Å². The van der Waals surface area contributed by atoms with Gasteiger partial charge in [-0.1, -0.05) is 24.3 Å². The molecule has 0 fully saturated rings. The van der Waals surface area contributed by atoms with Gasteiger partial charge in [0.25, 0.3) is 0 Å². The van der Waals surface area contributed by atoms with E-state index in [9.17, 15) is 4.39 Å². The topological polar surface area (TPSA) is 36.9 Å². The van der Waals surface area contributed by atoms with E-state index in [2.05, 4.69) is 46.3 Å². The van der Waals surface area contributed by atoms with E-state index in [0.29, 0.717) is 5.69 Å². The fraction of sp³-hybridized carbons (Fsp3) is 0.150. The Kier molecular flexibility index (Phi) is 4.07. The smallest absolute Gasteiger partial charge is 0.148 e. The molecule has 0 spiro atoms. The van der Waals surface area contributed by atoms with E-state index in [1.807, 2.05) is 18.5 Å². The van der Waals surface area contributed by atoms with Gasteiger partial charge in [-0.25, -0.2) is 9.07 Å². The summed E-state index contributed by atoms with van der Waals surface area (Å²) in [5, 5.41) is 5.54. The lowest BCUT2D eigenvalue weighted by Gasteiger charge is -2.16. The summed E-state index contributed by atoms with van der Waals surface area (Å²) in [6.07, 6.45) is 5.64. The van der Waals surface area contributed by atoms with Crippen LogP contribution in [0, 0.1) is 5.82 Å². The number of H-pyrrole nitrogens is 1. The summed E-state index contributed by atoms with van der Waals surface area (Å²) in [6.45, 7) is 1.58. The molecule has 0 saturated heterocycles. The van der Waals surface area contributed by atoms with Crippen LogP contribution in [0.4, 0.5) is 4.39 Å². The molecule has 4 nitrogen and oxygen atoms in total. The summed E-state index contributed by atoms with van der Waals surface area (Å²) in [5.41, 5.74) is 3.95. The Morgan fingerprint density at radius 1 is 1.08 bits per heavy atom. The molecule has 25 heavy (non-hydrogen) atoms. The molecular formula is C20H19FN4. The molecule has 0 unspecified atom stereocenters. The Labute approximate surface area is 145 Å². The SMILES string of the molecule is CN(Cc1cnn(-c2ccccc2F)c1)Cc1cccc2[nH]ccc12. The maximum Gasteiger partial charge on any atom is 0.148 e. The average Bonchev–Trinajstić information content (AvgIpc) is 3.25. The zero-order chi connectivity index (χ0) is 17.2. The lowest BCUT2D eigenvalue weighted by atomic mass is 10.1. The number of hydrogen-bond donors (Lipinski definition) is 1. The van der Waals surface area contributed by atoms with Gasteiger partial charge in [-0.2, -0.15) is 5.10 Å². The molecule has 0 amide bonds. The molecule has 4 aromatic rings. The number of para-hydroxylation sites is 1. The Balaban J connectivity index is 1.49. The molecule has 2 aromatic carbocycles. The molecule has 5 heteroatoms. The van der Waals surface area contributed by atoms with Gasteiger partial charge in [-0.3, -0.25) is 4.90 Å². The Hall–Kier alpha value is -2.92. The fourth-order valence-electron chi connectivity index (χ4n) is 3.16. The highest BCUT2D eigenvalue weighted by atomic mass is 19.1. The first-order valence-electron chi connectivity index (χ1n) is 8.23. The van der Waals surface area contributed by atoms with Crippen LogP contribution in [0.25, 0.3) is 16.6 Å². The second-order valence-electron chi connectivity index (χ2n) is 6.27. The minimum absolute atomic E-state index is 0.273. The molecule has 0 aliphatic heterocycles. The molecule has 0 saturated carbocycles. The van der Waals surface area contributed by atoms with Crippen molar-refractivity contribution >= 4 is 10.9 Å². The molecular weight excluding hydrogens is 315 g/mol. The number of nitrogens with one attached hydrogen (secondary N) is 1. The van der Waals surface area contributed by atoms with E-state index in [-0.39, 0.29) is 5.82 Å². The number of nitrogens with zero attached hydrogens (tertiary/aromatic N) is 3. The Morgan fingerprint density at radius 2 is 1.96 bits per heavy atom. The second-order valence-corrected chi connectivity index (χ2v) is 6.27. The number of halogens is 1. The maximum atomic E-state index is 13.9. The summed E-state index contributed by atoms with van der Waals surface area (Å²) in [7, 11) is 2.08. The number of benzene rings is 2. The van der Waals surface area contributed by atoms with Crippen LogP contribution < -0.4 is 0 Å². The van der Waals surface area contributed by atoms with Crippen molar-refractivity contribution in [2.75, 3.05) is 7.05 Å². The van der Waals surface area contributed by atoms with Gasteiger partial charge in [0.05, 0.1) is 6.20 Å². The molecule has 4 rings (SSSR count). The fourth-order valence-corrected chi connectivity index (χ4v) is 3.16. The first kappa shape index (κ1) is 15.6. The van der Waals surface area contributed by atoms with E-state index in [4.69, 9.17) is 0 Å². The number of aromatic amines is 1. The standard InChI is InChI=1S/C20H19FN4/c1-24(14-16-5-4-7-19-17(16)9-10-22-19)12-15-11-23-25(13-15)20-8-3-2-6-18(20)21/h2-11,13,22H,12,14H2,1H3. The highest BCUT2D eigenvalue weighted by Gasteiger charge is 2.09. The van der Waals surface area contributed by atoms with Crippen LogP contribution in [0.2, 0.25) is 0 Å². The van der Waals surface area contributed by atoms with Crippen molar-refractivity contribution in [2.45, 2.75) is 13.1 Å². The van der Waals surface area contributed by atoms with Crippen LogP contribution in [0.1, 0.15) is 11.1 Å². The van der Waals surface area contributed by atoms with Gasteiger partial charge < -0.3 is 4.98 Å². The third-order valence-electron chi connectivity index (χ3n) is 4.31.